The lowest BCUT2D eigenvalue weighted by atomic mass is 10.2. The predicted octanol–water partition coefficient (Wildman–Crippen LogP) is 1.48. The Morgan fingerprint density at radius 1 is 1.44 bits per heavy atom. The number of ether oxygens (including phenoxy) is 1. The summed E-state index contributed by atoms with van der Waals surface area (Å²) in [6.45, 7) is 4.36. The van der Waals surface area contributed by atoms with E-state index < -0.39 is 0 Å². The second-order valence-corrected chi connectivity index (χ2v) is 3.93. The average molecular weight is 220 g/mol. The van der Waals surface area contributed by atoms with Gasteiger partial charge in [0.25, 0.3) is 0 Å². The van der Waals surface area contributed by atoms with Crippen molar-refractivity contribution in [2.24, 2.45) is 0 Å². The number of amides is 1. The molecule has 4 nitrogen and oxygen atoms in total. The topological polar surface area (TPSA) is 41.6 Å². The molecule has 1 heterocycles. The summed E-state index contributed by atoms with van der Waals surface area (Å²) in [6.07, 6.45) is -0.264. The molecule has 0 bridgehead atoms. The molecule has 1 unspecified atom stereocenters. The summed E-state index contributed by atoms with van der Waals surface area (Å²) >= 11 is 0. The molecule has 86 valence electrons. The predicted molar refractivity (Wildman–Crippen MR) is 61.5 cm³/mol. The second kappa shape index (κ2) is 4.99. The van der Waals surface area contributed by atoms with Gasteiger partial charge in [0.15, 0.2) is 0 Å². The third kappa shape index (κ3) is 2.52. The maximum atomic E-state index is 11.9. The number of benzene rings is 1. The number of carbonyl (C=O) groups excluding carboxylic acids is 1. The normalized spacial score (nSPS) is 20.6. The Labute approximate surface area is 95.2 Å². The van der Waals surface area contributed by atoms with Gasteiger partial charge in [-0.2, -0.15) is 0 Å². The number of piperazine rings is 1. The van der Waals surface area contributed by atoms with Crippen LogP contribution in [0.2, 0.25) is 0 Å². The summed E-state index contributed by atoms with van der Waals surface area (Å²) < 4.78 is 5.28. The lowest BCUT2D eigenvalue weighted by molar-refractivity contribution is 0.124. The van der Waals surface area contributed by atoms with Gasteiger partial charge in [0.05, 0.1) is 0 Å². The summed E-state index contributed by atoms with van der Waals surface area (Å²) in [4.78, 5) is 13.6. The number of nitrogens with one attached hydrogen (secondary N) is 1. The zero-order valence-corrected chi connectivity index (χ0v) is 9.35. The molecule has 1 aromatic rings. The molecule has 1 aliphatic heterocycles. The fourth-order valence-electron chi connectivity index (χ4n) is 1.76. The summed E-state index contributed by atoms with van der Waals surface area (Å²) in [7, 11) is 0. The molecule has 0 aliphatic carbocycles. The second-order valence-electron chi connectivity index (χ2n) is 3.93. The Bertz CT molecular complexity index is 353. The molecule has 4 heteroatoms. The van der Waals surface area contributed by atoms with E-state index in [2.05, 4.69) is 5.32 Å². The standard InChI is InChI=1S/C12H16N2O2/c1-10-9-13-7-8-14(10)12(15)16-11-5-3-2-4-6-11/h2-6,10,13H,7-9H2,1H3. The van der Waals surface area contributed by atoms with Crippen LogP contribution < -0.4 is 10.1 Å². The first kappa shape index (κ1) is 11.0. The van der Waals surface area contributed by atoms with Crippen molar-refractivity contribution in [2.75, 3.05) is 19.6 Å². The Kier molecular flexibility index (Phi) is 3.41. The highest BCUT2D eigenvalue weighted by atomic mass is 16.6. The molecular weight excluding hydrogens is 204 g/mol. The van der Waals surface area contributed by atoms with Crippen molar-refractivity contribution in [3.8, 4) is 5.75 Å². The van der Waals surface area contributed by atoms with Gasteiger partial charge in [0, 0.05) is 25.7 Å². The van der Waals surface area contributed by atoms with Crippen molar-refractivity contribution in [3.05, 3.63) is 30.3 Å². The Balaban J connectivity index is 1.97. The van der Waals surface area contributed by atoms with E-state index in [1.54, 1.807) is 17.0 Å². The third-order valence-electron chi connectivity index (χ3n) is 2.68. The van der Waals surface area contributed by atoms with E-state index in [4.69, 9.17) is 4.74 Å². The molecule has 1 saturated heterocycles. The molecule has 1 N–H and O–H groups in total. The van der Waals surface area contributed by atoms with Crippen LogP contribution in [-0.4, -0.2) is 36.7 Å². The zero-order chi connectivity index (χ0) is 11.4. The first-order valence-electron chi connectivity index (χ1n) is 5.51. The van der Waals surface area contributed by atoms with E-state index in [1.165, 1.54) is 0 Å². The van der Waals surface area contributed by atoms with Gasteiger partial charge in [-0.15, -0.1) is 0 Å². The summed E-state index contributed by atoms with van der Waals surface area (Å²) in [6, 6.07) is 9.35. The molecule has 0 saturated carbocycles. The molecule has 1 amide bonds. The van der Waals surface area contributed by atoms with Crippen molar-refractivity contribution >= 4 is 6.09 Å². The van der Waals surface area contributed by atoms with Crippen LogP contribution in [0.15, 0.2) is 30.3 Å². The molecule has 16 heavy (non-hydrogen) atoms. The van der Waals surface area contributed by atoms with Crippen LogP contribution in [0.25, 0.3) is 0 Å². The van der Waals surface area contributed by atoms with Crippen molar-refractivity contribution in [3.63, 3.8) is 0 Å². The van der Waals surface area contributed by atoms with Crippen LogP contribution in [0.1, 0.15) is 6.92 Å². The van der Waals surface area contributed by atoms with Crippen LogP contribution >= 0.6 is 0 Å². The maximum Gasteiger partial charge on any atom is 0.415 e. The van der Waals surface area contributed by atoms with Gasteiger partial charge in [-0.1, -0.05) is 18.2 Å². The number of para-hydroxylation sites is 1. The summed E-state index contributed by atoms with van der Waals surface area (Å²) in [5.41, 5.74) is 0. The molecule has 0 aromatic heterocycles. The quantitative estimate of drug-likeness (QED) is 0.779. The highest BCUT2D eigenvalue weighted by molar-refractivity contribution is 5.71. The number of hydrogen-bond donors (Lipinski definition) is 1. The first-order valence-corrected chi connectivity index (χ1v) is 5.51. The van der Waals surface area contributed by atoms with E-state index >= 15 is 0 Å². The van der Waals surface area contributed by atoms with Crippen molar-refractivity contribution < 1.29 is 9.53 Å². The van der Waals surface area contributed by atoms with Gasteiger partial charge in [0.1, 0.15) is 5.75 Å². The number of carbonyl (C=O) groups is 1. The van der Waals surface area contributed by atoms with Gasteiger partial charge in [-0.3, -0.25) is 0 Å². The van der Waals surface area contributed by atoms with Crippen LogP contribution in [0.5, 0.6) is 5.75 Å². The summed E-state index contributed by atoms with van der Waals surface area (Å²) in [5, 5.41) is 3.23. The third-order valence-corrected chi connectivity index (χ3v) is 2.68. The average Bonchev–Trinajstić information content (AvgIpc) is 2.31. The van der Waals surface area contributed by atoms with Crippen LogP contribution in [0.4, 0.5) is 4.79 Å². The Morgan fingerprint density at radius 2 is 2.19 bits per heavy atom. The largest absolute Gasteiger partial charge is 0.415 e. The number of nitrogens with zero attached hydrogens (tertiary/aromatic N) is 1. The highest BCUT2D eigenvalue weighted by Gasteiger charge is 2.24. The van der Waals surface area contributed by atoms with Crippen molar-refractivity contribution in [2.45, 2.75) is 13.0 Å². The molecule has 1 aromatic carbocycles. The molecule has 2 rings (SSSR count). The van der Waals surface area contributed by atoms with E-state index in [0.29, 0.717) is 12.3 Å². The fraction of sp³-hybridized carbons (Fsp3) is 0.417. The maximum absolute atomic E-state index is 11.9. The SMILES string of the molecule is CC1CNCCN1C(=O)Oc1ccccc1. The first-order chi connectivity index (χ1) is 7.77. The van der Waals surface area contributed by atoms with Gasteiger partial charge >= 0.3 is 6.09 Å². The van der Waals surface area contributed by atoms with E-state index in [1.807, 2.05) is 25.1 Å². The van der Waals surface area contributed by atoms with Gasteiger partial charge in [-0.05, 0) is 19.1 Å². The van der Waals surface area contributed by atoms with Crippen LogP contribution in [0, 0.1) is 0 Å². The Morgan fingerprint density at radius 3 is 2.88 bits per heavy atom. The Hall–Kier alpha value is -1.55. The van der Waals surface area contributed by atoms with E-state index in [-0.39, 0.29) is 12.1 Å². The van der Waals surface area contributed by atoms with Gasteiger partial charge in [0.2, 0.25) is 0 Å². The minimum atomic E-state index is -0.264. The molecular formula is C12H16N2O2. The summed E-state index contributed by atoms with van der Waals surface area (Å²) in [5.74, 6) is 0.596. The minimum Gasteiger partial charge on any atom is -0.410 e. The van der Waals surface area contributed by atoms with Gasteiger partial charge in [-0.25, -0.2) is 4.79 Å². The molecule has 1 fully saturated rings. The van der Waals surface area contributed by atoms with Crippen molar-refractivity contribution in [1.82, 2.24) is 10.2 Å². The minimum absolute atomic E-state index is 0.185. The number of rotatable bonds is 1. The number of hydrogen-bond acceptors (Lipinski definition) is 3. The van der Waals surface area contributed by atoms with Gasteiger partial charge < -0.3 is 15.0 Å². The monoisotopic (exact) mass is 220 g/mol. The molecule has 1 atom stereocenters. The van der Waals surface area contributed by atoms with Crippen LogP contribution in [0.3, 0.4) is 0 Å². The van der Waals surface area contributed by atoms with Crippen LogP contribution in [-0.2, 0) is 0 Å². The molecule has 0 spiro atoms. The smallest absolute Gasteiger partial charge is 0.410 e. The molecule has 1 aliphatic rings. The van der Waals surface area contributed by atoms with E-state index in [9.17, 15) is 4.79 Å². The van der Waals surface area contributed by atoms with Crippen molar-refractivity contribution in [1.29, 1.82) is 0 Å². The lowest BCUT2D eigenvalue weighted by Crippen LogP contribution is -2.53. The highest BCUT2D eigenvalue weighted by Crippen LogP contribution is 2.12. The van der Waals surface area contributed by atoms with E-state index in [0.717, 1.165) is 13.1 Å². The zero-order valence-electron chi connectivity index (χ0n) is 9.35. The lowest BCUT2D eigenvalue weighted by Gasteiger charge is -2.32. The molecule has 0 radical (unpaired) electrons. The fourth-order valence-corrected chi connectivity index (χ4v) is 1.76.